The Balaban J connectivity index is 0.00000261. The highest BCUT2D eigenvalue weighted by atomic mass is 127. The van der Waals surface area contributed by atoms with Crippen LogP contribution in [0.15, 0.2) is 47.7 Å². The van der Waals surface area contributed by atoms with Crippen molar-refractivity contribution in [3.05, 3.63) is 63.9 Å². The summed E-state index contributed by atoms with van der Waals surface area (Å²) < 4.78 is 1.87. The molecule has 0 saturated heterocycles. The standard InChI is InChI=1S/C19H24N6S.HI/c1-4-20-19(22-12-18-14(2)24-15(3)26-18)21-10-16-11-23-25(13-16)17-8-6-5-7-9-17;/h5-9,11,13H,4,10,12H2,1-3H3,(H2,20,21,22);1H. The van der Waals surface area contributed by atoms with Crippen LogP contribution in [0.3, 0.4) is 0 Å². The summed E-state index contributed by atoms with van der Waals surface area (Å²) in [4.78, 5) is 10.4. The minimum Gasteiger partial charge on any atom is -0.357 e. The molecule has 144 valence electrons. The molecule has 2 N–H and O–H groups in total. The monoisotopic (exact) mass is 496 g/mol. The smallest absolute Gasteiger partial charge is 0.191 e. The summed E-state index contributed by atoms with van der Waals surface area (Å²) in [5.41, 5.74) is 3.19. The van der Waals surface area contributed by atoms with Crippen molar-refractivity contribution >= 4 is 41.3 Å². The zero-order valence-electron chi connectivity index (χ0n) is 15.8. The van der Waals surface area contributed by atoms with Crippen molar-refractivity contribution in [2.45, 2.75) is 33.9 Å². The van der Waals surface area contributed by atoms with Crippen molar-refractivity contribution in [1.82, 2.24) is 25.4 Å². The van der Waals surface area contributed by atoms with Gasteiger partial charge in [0.25, 0.3) is 0 Å². The molecule has 0 bridgehead atoms. The molecule has 0 spiro atoms. The van der Waals surface area contributed by atoms with Crippen LogP contribution in [0.1, 0.15) is 28.1 Å². The number of hydrogen-bond donors (Lipinski definition) is 2. The van der Waals surface area contributed by atoms with E-state index in [0.29, 0.717) is 6.54 Å². The Hall–Kier alpha value is -1.94. The van der Waals surface area contributed by atoms with E-state index >= 15 is 0 Å². The predicted octanol–water partition coefficient (Wildman–Crippen LogP) is 3.82. The van der Waals surface area contributed by atoms with Crippen LogP contribution in [0.5, 0.6) is 0 Å². The molecule has 2 aromatic heterocycles. The lowest BCUT2D eigenvalue weighted by atomic mass is 10.3. The molecule has 0 atom stereocenters. The average molecular weight is 496 g/mol. The van der Waals surface area contributed by atoms with Gasteiger partial charge in [-0.05, 0) is 32.9 Å². The fourth-order valence-corrected chi connectivity index (χ4v) is 3.45. The van der Waals surface area contributed by atoms with Gasteiger partial charge in [-0.1, -0.05) is 18.2 Å². The molecule has 0 radical (unpaired) electrons. The Bertz CT molecular complexity index is 871. The molecule has 3 rings (SSSR count). The highest BCUT2D eigenvalue weighted by Crippen LogP contribution is 2.16. The van der Waals surface area contributed by atoms with Gasteiger partial charge in [-0.15, -0.1) is 35.3 Å². The van der Waals surface area contributed by atoms with Crippen molar-refractivity contribution in [3.8, 4) is 5.69 Å². The van der Waals surface area contributed by atoms with E-state index in [4.69, 9.17) is 0 Å². The molecular weight excluding hydrogens is 471 g/mol. The molecule has 0 fully saturated rings. The summed E-state index contributed by atoms with van der Waals surface area (Å²) in [6.45, 7) is 8.26. The second kappa shape index (κ2) is 10.4. The Morgan fingerprint density at radius 2 is 1.96 bits per heavy atom. The summed E-state index contributed by atoms with van der Waals surface area (Å²) in [6, 6.07) is 10.1. The lowest BCUT2D eigenvalue weighted by Gasteiger charge is -2.10. The lowest BCUT2D eigenvalue weighted by Crippen LogP contribution is -2.36. The Morgan fingerprint density at radius 3 is 2.63 bits per heavy atom. The van der Waals surface area contributed by atoms with Gasteiger partial charge < -0.3 is 10.6 Å². The first kappa shape index (κ1) is 21.4. The average Bonchev–Trinajstić information content (AvgIpc) is 3.24. The van der Waals surface area contributed by atoms with Crippen LogP contribution in [0.25, 0.3) is 5.69 Å². The number of halogens is 1. The molecule has 8 heteroatoms. The quantitative estimate of drug-likeness (QED) is 0.310. The largest absolute Gasteiger partial charge is 0.357 e. The van der Waals surface area contributed by atoms with Gasteiger partial charge in [0, 0.05) is 23.2 Å². The summed E-state index contributed by atoms with van der Waals surface area (Å²) in [6.07, 6.45) is 3.87. The molecule has 0 aliphatic rings. The number of nitrogens with zero attached hydrogens (tertiary/aromatic N) is 4. The zero-order chi connectivity index (χ0) is 18.4. The van der Waals surface area contributed by atoms with Gasteiger partial charge in [0.15, 0.2) is 5.96 Å². The lowest BCUT2D eigenvalue weighted by molar-refractivity contribution is 0.818. The number of aryl methyl sites for hydroxylation is 2. The van der Waals surface area contributed by atoms with Gasteiger partial charge in [-0.3, -0.25) is 0 Å². The summed E-state index contributed by atoms with van der Waals surface area (Å²) >= 11 is 1.72. The van der Waals surface area contributed by atoms with Crippen LogP contribution in [0.4, 0.5) is 0 Å². The second-order valence-electron chi connectivity index (χ2n) is 5.92. The summed E-state index contributed by atoms with van der Waals surface area (Å²) in [5.74, 6) is 0.797. The van der Waals surface area contributed by atoms with E-state index in [2.05, 4.69) is 32.6 Å². The van der Waals surface area contributed by atoms with Crippen molar-refractivity contribution in [1.29, 1.82) is 0 Å². The molecular formula is C19H25IN6S. The molecule has 1 aromatic carbocycles. The Labute approximate surface area is 181 Å². The topological polar surface area (TPSA) is 67.1 Å². The van der Waals surface area contributed by atoms with Crippen LogP contribution in [-0.4, -0.2) is 27.3 Å². The zero-order valence-corrected chi connectivity index (χ0v) is 18.9. The van der Waals surface area contributed by atoms with Gasteiger partial charge in [-0.25, -0.2) is 14.7 Å². The third-order valence-electron chi connectivity index (χ3n) is 3.84. The molecule has 6 nitrogen and oxygen atoms in total. The second-order valence-corrected chi connectivity index (χ2v) is 7.21. The third-order valence-corrected chi connectivity index (χ3v) is 4.91. The van der Waals surface area contributed by atoms with Crippen molar-refractivity contribution < 1.29 is 0 Å². The van der Waals surface area contributed by atoms with E-state index in [0.717, 1.165) is 41.0 Å². The number of guanidine groups is 1. The molecule has 27 heavy (non-hydrogen) atoms. The molecule has 0 aliphatic carbocycles. The molecule has 2 heterocycles. The van der Waals surface area contributed by atoms with Crippen molar-refractivity contribution in [2.24, 2.45) is 4.99 Å². The van der Waals surface area contributed by atoms with Crippen LogP contribution >= 0.6 is 35.3 Å². The minimum absolute atomic E-state index is 0. The molecule has 0 unspecified atom stereocenters. The molecule has 0 aliphatic heterocycles. The number of para-hydroxylation sites is 1. The van der Waals surface area contributed by atoms with Gasteiger partial charge in [0.05, 0.1) is 35.7 Å². The Morgan fingerprint density at radius 1 is 1.19 bits per heavy atom. The van der Waals surface area contributed by atoms with Gasteiger partial charge in [0.2, 0.25) is 0 Å². The number of rotatable bonds is 6. The fourth-order valence-electron chi connectivity index (χ4n) is 2.58. The number of benzene rings is 1. The number of nitrogens with one attached hydrogen (secondary N) is 2. The third kappa shape index (κ3) is 6.03. The van der Waals surface area contributed by atoms with Crippen LogP contribution < -0.4 is 10.6 Å². The number of hydrogen-bond acceptors (Lipinski definition) is 4. The van der Waals surface area contributed by atoms with Gasteiger partial charge in [0.1, 0.15) is 0 Å². The van der Waals surface area contributed by atoms with Gasteiger partial charge >= 0.3 is 0 Å². The molecule has 0 amide bonds. The first-order chi connectivity index (χ1) is 12.7. The SMILES string of the molecule is CCNC(=NCc1cnn(-c2ccccc2)c1)NCc1sc(C)nc1C.I. The highest BCUT2D eigenvalue weighted by molar-refractivity contribution is 14.0. The predicted molar refractivity (Wildman–Crippen MR) is 122 cm³/mol. The van der Waals surface area contributed by atoms with E-state index in [9.17, 15) is 0 Å². The first-order valence-corrected chi connectivity index (χ1v) is 9.51. The van der Waals surface area contributed by atoms with E-state index in [1.807, 2.05) is 61.3 Å². The van der Waals surface area contributed by atoms with Gasteiger partial charge in [-0.2, -0.15) is 5.10 Å². The summed E-state index contributed by atoms with van der Waals surface area (Å²) in [5, 5.41) is 12.2. The number of thiazole rings is 1. The van der Waals surface area contributed by atoms with Crippen LogP contribution in [0, 0.1) is 13.8 Å². The first-order valence-electron chi connectivity index (χ1n) is 8.69. The molecule has 0 saturated carbocycles. The minimum atomic E-state index is 0. The van der Waals surface area contributed by atoms with E-state index in [1.165, 1.54) is 4.88 Å². The van der Waals surface area contributed by atoms with E-state index in [-0.39, 0.29) is 24.0 Å². The maximum Gasteiger partial charge on any atom is 0.191 e. The van der Waals surface area contributed by atoms with Crippen molar-refractivity contribution in [2.75, 3.05) is 6.54 Å². The number of aliphatic imine (C=N–C) groups is 1. The summed E-state index contributed by atoms with van der Waals surface area (Å²) in [7, 11) is 0. The maximum atomic E-state index is 4.67. The number of aromatic nitrogens is 3. The highest BCUT2D eigenvalue weighted by Gasteiger charge is 2.06. The normalized spacial score (nSPS) is 11.1. The van der Waals surface area contributed by atoms with E-state index in [1.54, 1.807) is 11.3 Å². The van der Waals surface area contributed by atoms with Crippen LogP contribution in [-0.2, 0) is 13.1 Å². The van der Waals surface area contributed by atoms with Crippen LogP contribution in [0.2, 0.25) is 0 Å². The molecule has 3 aromatic rings. The maximum absolute atomic E-state index is 4.67. The van der Waals surface area contributed by atoms with E-state index < -0.39 is 0 Å². The fraction of sp³-hybridized carbons (Fsp3) is 0.316. The van der Waals surface area contributed by atoms with Crippen molar-refractivity contribution in [3.63, 3.8) is 0 Å². The Kier molecular flexibility index (Phi) is 8.23.